The highest BCUT2D eigenvalue weighted by atomic mass is 19.1. The normalized spacial score (nSPS) is 23.9. The monoisotopic (exact) mass is 539 g/mol. The number of cyclic esters (lactones) is 1. The fourth-order valence-electron chi connectivity index (χ4n) is 5.74. The molecule has 0 bridgehead atoms. The first-order chi connectivity index (χ1) is 18.5. The van der Waals surface area contributed by atoms with E-state index in [9.17, 15) is 19.5 Å². The van der Waals surface area contributed by atoms with Crippen LogP contribution < -0.4 is 4.90 Å². The first-order valence-corrected chi connectivity index (χ1v) is 13.2. The molecule has 208 valence electrons. The molecule has 10 heteroatoms. The topological polar surface area (TPSA) is 99.6 Å². The van der Waals surface area contributed by atoms with Crippen LogP contribution in [0.15, 0.2) is 48.5 Å². The Kier molecular flexibility index (Phi) is 7.24. The highest BCUT2D eigenvalue weighted by Crippen LogP contribution is 2.58. The van der Waals surface area contributed by atoms with Gasteiger partial charge in [0.25, 0.3) is 0 Å². The number of anilines is 1. The summed E-state index contributed by atoms with van der Waals surface area (Å²) in [6, 6.07) is 14.4. The minimum Gasteiger partial charge on any atom is -0.465 e. The largest absolute Gasteiger partial charge is 0.465 e. The molecule has 2 aliphatic heterocycles. The predicted octanol–water partition coefficient (Wildman–Crippen LogP) is 4.32. The van der Waals surface area contributed by atoms with Crippen molar-refractivity contribution in [2.75, 3.05) is 37.7 Å². The number of rotatable bonds is 8. The Morgan fingerprint density at radius 3 is 2.41 bits per heavy atom. The van der Waals surface area contributed by atoms with E-state index in [-0.39, 0.29) is 43.4 Å². The number of carbonyl (C=O) groups excluding carboxylic acids is 2. The molecule has 0 aromatic heterocycles. The molecule has 0 radical (unpaired) electrons. The third-order valence-corrected chi connectivity index (χ3v) is 7.84. The van der Waals surface area contributed by atoms with E-state index in [1.165, 1.54) is 15.9 Å². The quantitative estimate of drug-likeness (QED) is 0.537. The van der Waals surface area contributed by atoms with Crippen LogP contribution in [-0.2, 0) is 20.9 Å². The standard InChI is InChI=1S/C29H34FN3O6/c1-29(2,3)33(27(35)36)13-20-12-32(28(37)39-20)19-9-10-21(24(30)11-19)26-22-14-31(15-23(22)26)25(34)17-38-16-18-7-5-4-6-8-18/h4-11,20,22-23,26H,12-17H2,1-3H3,(H,35,36)/t20-,22-,23+,26?/m0/s1. The maximum absolute atomic E-state index is 15.2. The van der Waals surface area contributed by atoms with Crippen molar-refractivity contribution in [3.8, 4) is 0 Å². The second-order valence-electron chi connectivity index (χ2n) is 11.5. The molecule has 3 aliphatic rings. The number of benzene rings is 2. The zero-order chi connectivity index (χ0) is 27.9. The van der Waals surface area contributed by atoms with Crippen molar-refractivity contribution in [2.45, 2.75) is 44.9 Å². The maximum atomic E-state index is 15.2. The average molecular weight is 540 g/mol. The van der Waals surface area contributed by atoms with E-state index >= 15 is 4.39 Å². The van der Waals surface area contributed by atoms with Crippen LogP contribution in [0.4, 0.5) is 19.7 Å². The van der Waals surface area contributed by atoms with Gasteiger partial charge in [-0.05, 0) is 61.8 Å². The Balaban J connectivity index is 1.14. The summed E-state index contributed by atoms with van der Waals surface area (Å²) in [6.07, 6.45) is -2.38. The zero-order valence-electron chi connectivity index (χ0n) is 22.4. The van der Waals surface area contributed by atoms with E-state index in [1.54, 1.807) is 37.8 Å². The molecule has 9 nitrogen and oxygen atoms in total. The SMILES string of the molecule is CC(C)(C)N(C[C@@H]1CN(c2ccc(C3[C@H]4CN(C(=O)COCc5ccccc5)C[C@@H]34)c(F)c2)C(=O)O1)C(=O)O. The van der Waals surface area contributed by atoms with Crippen LogP contribution in [0.5, 0.6) is 0 Å². The molecule has 2 saturated heterocycles. The van der Waals surface area contributed by atoms with Gasteiger partial charge in [0.15, 0.2) is 0 Å². The van der Waals surface area contributed by atoms with Gasteiger partial charge in [-0.1, -0.05) is 36.4 Å². The summed E-state index contributed by atoms with van der Waals surface area (Å²) in [5.74, 6) is 0.0206. The molecule has 3 amide bonds. The molecule has 1 N–H and O–H groups in total. The molecule has 0 spiro atoms. The molecule has 2 aromatic rings. The summed E-state index contributed by atoms with van der Waals surface area (Å²) >= 11 is 0. The Morgan fingerprint density at radius 2 is 1.79 bits per heavy atom. The van der Waals surface area contributed by atoms with E-state index in [0.717, 1.165) is 5.56 Å². The summed E-state index contributed by atoms with van der Waals surface area (Å²) in [4.78, 5) is 41.1. The Morgan fingerprint density at radius 1 is 1.10 bits per heavy atom. The first-order valence-electron chi connectivity index (χ1n) is 13.2. The molecule has 1 saturated carbocycles. The van der Waals surface area contributed by atoms with E-state index in [0.29, 0.717) is 30.9 Å². The van der Waals surface area contributed by atoms with E-state index in [2.05, 4.69) is 0 Å². The number of hydrogen-bond acceptors (Lipinski definition) is 5. The van der Waals surface area contributed by atoms with Gasteiger partial charge in [-0.25, -0.2) is 14.0 Å². The zero-order valence-corrected chi connectivity index (χ0v) is 22.4. The van der Waals surface area contributed by atoms with Gasteiger partial charge in [0.1, 0.15) is 18.5 Å². The molecule has 2 aromatic carbocycles. The number of piperidine rings is 1. The fourth-order valence-corrected chi connectivity index (χ4v) is 5.74. The van der Waals surface area contributed by atoms with Crippen LogP contribution in [0.25, 0.3) is 0 Å². The summed E-state index contributed by atoms with van der Waals surface area (Å²) in [5.41, 5.74) is 1.32. The predicted molar refractivity (Wildman–Crippen MR) is 141 cm³/mol. The van der Waals surface area contributed by atoms with Crippen molar-refractivity contribution in [1.82, 2.24) is 9.80 Å². The lowest BCUT2D eigenvalue weighted by molar-refractivity contribution is -0.136. The number of fused-ring (bicyclic) bond motifs is 1. The van der Waals surface area contributed by atoms with Crippen molar-refractivity contribution in [3.63, 3.8) is 0 Å². The molecular weight excluding hydrogens is 505 g/mol. The van der Waals surface area contributed by atoms with Crippen LogP contribution in [0, 0.1) is 17.7 Å². The number of carboxylic acid groups (broad SMARTS) is 1. The molecular formula is C29H34FN3O6. The molecule has 2 heterocycles. The van der Waals surface area contributed by atoms with Crippen molar-refractivity contribution in [3.05, 3.63) is 65.5 Å². The lowest BCUT2D eigenvalue weighted by atomic mass is 10.0. The van der Waals surface area contributed by atoms with Gasteiger partial charge in [0.05, 0.1) is 25.4 Å². The second kappa shape index (κ2) is 10.5. The smallest absolute Gasteiger partial charge is 0.414 e. The van der Waals surface area contributed by atoms with E-state index in [4.69, 9.17) is 9.47 Å². The van der Waals surface area contributed by atoms with Gasteiger partial charge in [-0.3, -0.25) is 14.6 Å². The summed E-state index contributed by atoms with van der Waals surface area (Å²) in [7, 11) is 0. The molecule has 3 fully saturated rings. The van der Waals surface area contributed by atoms with Gasteiger partial charge in [0.2, 0.25) is 5.91 Å². The summed E-state index contributed by atoms with van der Waals surface area (Å²) < 4.78 is 26.2. The fraction of sp³-hybridized carbons (Fsp3) is 0.483. The van der Waals surface area contributed by atoms with Gasteiger partial charge in [0, 0.05) is 18.6 Å². The maximum Gasteiger partial charge on any atom is 0.414 e. The lowest BCUT2D eigenvalue weighted by Gasteiger charge is -2.34. The van der Waals surface area contributed by atoms with Gasteiger partial charge >= 0.3 is 12.2 Å². The molecule has 5 rings (SSSR count). The van der Waals surface area contributed by atoms with Crippen LogP contribution >= 0.6 is 0 Å². The highest BCUT2D eigenvalue weighted by Gasteiger charge is 2.57. The average Bonchev–Trinajstić information content (AvgIpc) is 3.18. The van der Waals surface area contributed by atoms with Crippen LogP contribution in [0.3, 0.4) is 0 Å². The minimum atomic E-state index is -1.10. The van der Waals surface area contributed by atoms with Gasteiger partial charge < -0.3 is 19.5 Å². The number of likely N-dealkylation sites (tertiary alicyclic amines) is 1. The van der Waals surface area contributed by atoms with Crippen molar-refractivity contribution >= 4 is 23.8 Å². The van der Waals surface area contributed by atoms with Gasteiger partial charge in [-0.2, -0.15) is 0 Å². The van der Waals surface area contributed by atoms with Crippen LogP contribution in [-0.4, -0.2) is 77.4 Å². The Hall–Kier alpha value is -3.66. The number of hydrogen-bond donors (Lipinski definition) is 1. The van der Waals surface area contributed by atoms with Crippen molar-refractivity contribution in [1.29, 1.82) is 0 Å². The number of nitrogens with zero attached hydrogens (tertiary/aromatic N) is 3. The Labute approximate surface area is 227 Å². The summed E-state index contributed by atoms with van der Waals surface area (Å²) in [5, 5.41) is 9.53. The third kappa shape index (κ3) is 5.71. The second-order valence-corrected chi connectivity index (χ2v) is 11.5. The molecule has 39 heavy (non-hydrogen) atoms. The number of amides is 3. The number of ether oxygens (including phenoxy) is 2. The van der Waals surface area contributed by atoms with Crippen LogP contribution in [0.1, 0.15) is 37.8 Å². The lowest BCUT2D eigenvalue weighted by Crippen LogP contribution is -2.49. The Bertz CT molecular complexity index is 1240. The van der Waals surface area contributed by atoms with E-state index < -0.39 is 29.6 Å². The number of carbonyl (C=O) groups is 3. The third-order valence-electron chi connectivity index (χ3n) is 7.84. The number of halogens is 1. The minimum absolute atomic E-state index is 0.0228. The summed E-state index contributed by atoms with van der Waals surface area (Å²) in [6.45, 7) is 7.04. The van der Waals surface area contributed by atoms with Gasteiger partial charge in [-0.15, -0.1) is 0 Å². The molecule has 4 atom stereocenters. The highest BCUT2D eigenvalue weighted by molar-refractivity contribution is 5.89. The molecule has 1 unspecified atom stereocenters. The van der Waals surface area contributed by atoms with Crippen LogP contribution in [0.2, 0.25) is 0 Å². The molecule has 1 aliphatic carbocycles. The van der Waals surface area contributed by atoms with Crippen molar-refractivity contribution in [2.24, 2.45) is 11.8 Å². The van der Waals surface area contributed by atoms with Crippen molar-refractivity contribution < 1.29 is 33.4 Å². The first kappa shape index (κ1) is 26.9. The van der Waals surface area contributed by atoms with E-state index in [1.807, 2.05) is 30.3 Å².